The molecule has 0 unspecified atom stereocenters. The van der Waals surface area contributed by atoms with Crippen molar-refractivity contribution in [2.75, 3.05) is 0 Å². The lowest BCUT2D eigenvalue weighted by molar-refractivity contribution is -0.147. The van der Waals surface area contributed by atoms with Crippen molar-refractivity contribution in [3.63, 3.8) is 0 Å². The van der Waals surface area contributed by atoms with Gasteiger partial charge < -0.3 is 4.84 Å². The standard InChI is InChI=1S/C27H39NO2/c1-4-18-11-13-22-21-12-10-19-16-25(29)24(28-30-20-8-6-5-7-9-20)17-27(19,3)23(21)14-15-26(18,22)2/h5-9,18-19,21-24,28H,4,10-17H2,1-3H3/t18-,19+,21-,22+,23-,24-,26+,27-/m0/s1. The number of carbonyl (C=O) groups is 1. The average molecular weight is 410 g/mol. The maximum absolute atomic E-state index is 12.9. The van der Waals surface area contributed by atoms with Crippen LogP contribution in [0.25, 0.3) is 0 Å². The van der Waals surface area contributed by atoms with Gasteiger partial charge in [-0.05, 0) is 97.5 Å². The second kappa shape index (κ2) is 7.65. The van der Waals surface area contributed by atoms with Gasteiger partial charge in [0, 0.05) is 6.42 Å². The van der Waals surface area contributed by atoms with Crippen LogP contribution in [0, 0.1) is 40.4 Å². The molecule has 4 saturated carbocycles. The van der Waals surface area contributed by atoms with Crippen LogP contribution in [0.2, 0.25) is 0 Å². The van der Waals surface area contributed by atoms with Crippen LogP contribution in [0.3, 0.4) is 0 Å². The van der Waals surface area contributed by atoms with Gasteiger partial charge in [-0.25, -0.2) is 0 Å². The van der Waals surface area contributed by atoms with Crippen molar-refractivity contribution in [1.82, 2.24) is 5.48 Å². The van der Waals surface area contributed by atoms with Crippen molar-refractivity contribution in [2.24, 2.45) is 40.4 Å². The van der Waals surface area contributed by atoms with Crippen LogP contribution in [0.15, 0.2) is 30.3 Å². The van der Waals surface area contributed by atoms with E-state index < -0.39 is 0 Å². The van der Waals surface area contributed by atoms with E-state index in [0.717, 1.165) is 42.3 Å². The smallest absolute Gasteiger partial charge is 0.153 e. The molecule has 30 heavy (non-hydrogen) atoms. The first-order valence-electron chi connectivity index (χ1n) is 12.5. The number of ketones is 1. The predicted octanol–water partition coefficient (Wildman–Crippen LogP) is 6.19. The van der Waals surface area contributed by atoms with Crippen LogP contribution in [-0.2, 0) is 4.79 Å². The largest absolute Gasteiger partial charge is 0.408 e. The molecule has 0 spiro atoms. The molecule has 0 radical (unpaired) electrons. The third kappa shape index (κ3) is 3.15. The van der Waals surface area contributed by atoms with Gasteiger partial charge >= 0.3 is 0 Å². The molecule has 4 aliphatic rings. The Morgan fingerprint density at radius 1 is 1.00 bits per heavy atom. The molecule has 0 saturated heterocycles. The molecule has 1 aromatic carbocycles. The van der Waals surface area contributed by atoms with Crippen molar-refractivity contribution in [3.8, 4) is 5.75 Å². The number of benzene rings is 1. The Labute approximate surface area is 182 Å². The van der Waals surface area contributed by atoms with Crippen LogP contribution < -0.4 is 10.3 Å². The van der Waals surface area contributed by atoms with E-state index in [1.807, 2.05) is 30.3 Å². The van der Waals surface area contributed by atoms with Crippen molar-refractivity contribution in [1.29, 1.82) is 0 Å². The van der Waals surface area contributed by atoms with Crippen LogP contribution in [-0.4, -0.2) is 11.8 Å². The minimum Gasteiger partial charge on any atom is -0.408 e. The Bertz CT molecular complexity index is 778. The van der Waals surface area contributed by atoms with Gasteiger partial charge in [0.2, 0.25) is 0 Å². The lowest BCUT2D eigenvalue weighted by Gasteiger charge is -2.61. The van der Waals surface area contributed by atoms with E-state index in [2.05, 4.69) is 26.3 Å². The zero-order valence-electron chi connectivity index (χ0n) is 19.0. The van der Waals surface area contributed by atoms with E-state index in [1.165, 1.54) is 44.9 Å². The summed E-state index contributed by atoms with van der Waals surface area (Å²) < 4.78 is 0. The maximum Gasteiger partial charge on any atom is 0.153 e. The highest BCUT2D eigenvalue weighted by Crippen LogP contribution is 2.67. The molecule has 0 heterocycles. The molecule has 3 nitrogen and oxygen atoms in total. The average Bonchev–Trinajstić information content (AvgIpc) is 3.10. The molecule has 3 heteroatoms. The molecule has 0 amide bonds. The zero-order valence-corrected chi connectivity index (χ0v) is 19.0. The first-order chi connectivity index (χ1) is 14.5. The Morgan fingerprint density at radius 2 is 1.77 bits per heavy atom. The molecule has 0 aliphatic heterocycles. The van der Waals surface area contributed by atoms with Crippen LogP contribution >= 0.6 is 0 Å². The van der Waals surface area contributed by atoms with Crippen molar-refractivity contribution >= 4 is 5.78 Å². The Hall–Kier alpha value is -1.35. The first kappa shape index (κ1) is 20.5. The second-order valence-corrected chi connectivity index (χ2v) is 11.3. The Morgan fingerprint density at radius 3 is 2.53 bits per heavy atom. The second-order valence-electron chi connectivity index (χ2n) is 11.3. The van der Waals surface area contributed by atoms with Gasteiger partial charge in [0.15, 0.2) is 5.78 Å². The number of carbonyl (C=O) groups excluding carboxylic acids is 1. The van der Waals surface area contributed by atoms with Crippen LogP contribution in [0.5, 0.6) is 5.75 Å². The lowest BCUT2D eigenvalue weighted by Crippen LogP contribution is -2.58. The normalized spacial score (nSPS) is 45.4. The molecular weight excluding hydrogens is 370 g/mol. The fourth-order valence-electron chi connectivity index (χ4n) is 8.64. The highest BCUT2D eigenvalue weighted by molar-refractivity contribution is 5.85. The fraction of sp³-hybridized carbons (Fsp3) is 0.741. The van der Waals surface area contributed by atoms with E-state index in [-0.39, 0.29) is 11.5 Å². The van der Waals surface area contributed by atoms with Gasteiger partial charge in [0.05, 0.1) is 0 Å². The summed E-state index contributed by atoms with van der Waals surface area (Å²) >= 11 is 0. The minimum atomic E-state index is -0.175. The van der Waals surface area contributed by atoms with Crippen LogP contribution in [0.1, 0.15) is 78.6 Å². The molecule has 5 rings (SSSR count). The van der Waals surface area contributed by atoms with E-state index in [0.29, 0.717) is 17.1 Å². The number of hydrogen-bond donors (Lipinski definition) is 1. The van der Waals surface area contributed by atoms with Gasteiger partial charge in [-0.2, -0.15) is 0 Å². The molecule has 1 aromatic rings. The summed E-state index contributed by atoms with van der Waals surface area (Å²) in [6.07, 6.45) is 11.3. The summed E-state index contributed by atoms with van der Waals surface area (Å²) in [7, 11) is 0. The summed E-state index contributed by atoms with van der Waals surface area (Å²) in [5.74, 6) is 5.17. The zero-order chi connectivity index (χ0) is 20.9. The lowest BCUT2D eigenvalue weighted by atomic mass is 9.44. The summed E-state index contributed by atoms with van der Waals surface area (Å²) in [5, 5.41) is 0. The monoisotopic (exact) mass is 409 g/mol. The van der Waals surface area contributed by atoms with Crippen molar-refractivity contribution in [3.05, 3.63) is 30.3 Å². The van der Waals surface area contributed by atoms with E-state index in [9.17, 15) is 4.79 Å². The van der Waals surface area contributed by atoms with Gasteiger partial charge in [-0.3, -0.25) is 4.79 Å². The third-order valence-electron chi connectivity index (χ3n) is 10.3. The molecule has 164 valence electrons. The third-order valence-corrected chi connectivity index (χ3v) is 10.3. The highest BCUT2D eigenvalue weighted by Gasteiger charge is 2.60. The van der Waals surface area contributed by atoms with E-state index in [1.54, 1.807) is 0 Å². The van der Waals surface area contributed by atoms with Gasteiger partial charge in [0.25, 0.3) is 0 Å². The number of Topliss-reactive ketones (excluding diaryl/α,β-unsaturated/α-hetero) is 1. The molecule has 1 N–H and O–H groups in total. The number of para-hydroxylation sites is 1. The summed E-state index contributed by atoms with van der Waals surface area (Å²) in [6.45, 7) is 7.54. The van der Waals surface area contributed by atoms with Crippen molar-refractivity contribution < 1.29 is 9.63 Å². The highest BCUT2D eigenvalue weighted by atomic mass is 16.6. The Kier molecular flexibility index (Phi) is 5.24. The number of hydroxylamine groups is 1. The van der Waals surface area contributed by atoms with Gasteiger partial charge in [0.1, 0.15) is 11.8 Å². The molecule has 0 bridgehead atoms. The fourth-order valence-corrected chi connectivity index (χ4v) is 8.64. The number of fused-ring (bicyclic) bond motifs is 5. The SMILES string of the molecule is CC[C@H]1CC[C@@H]2[C@@H]3CC[C@@H]4CC(=O)[C@@H](NOc5ccccc5)C[C@]4(C)[C@H]3CC[C@]12C. The predicted molar refractivity (Wildman–Crippen MR) is 120 cm³/mol. The van der Waals surface area contributed by atoms with E-state index in [4.69, 9.17) is 4.84 Å². The first-order valence-corrected chi connectivity index (χ1v) is 12.5. The quantitative estimate of drug-likeness (QED) is 0.603. The van der Waals surface area contributed by atoms with Crippen LogP contribution in [0.4, 0.5) is 0 Å². The molecule has 0 aromatic heterocycles. The summed E-state index contributed by atoms with van der Waals surface area (Å²) in [6, 6.07) is 9.61. The van der Waals surface area contributed by atoms with E-state index >= 15 is 0 Å². The van der Waals surface area contributed by atoms with Crippen molar-refractivity contribution in [2.45, 2.75) is 84.6 Å². The molecular formula is C27H39NO2. The molecule has 8 atom stereocenters. The number of hydrogen-bond acceptors (Lipinski definition) is 3. The maximum atomic E-state index is 12.9. The Balaban J connectivity index is 1.34. The minimum absolute atomic E-state index is 0.175. The topological polar surface area (TPSA) is 38.3 Å². The summed E-state index contributed by atoms with van der Waals surface area (Å²) in [5.41, 5.74) is 3.99. The summed E-state index contributed by atoms with van der Waals surface area (Å²) in [4.78, 5) is 18.8. The van der Waals surface area contributed by atoms with Gasteiger partial charge in [-0.15, -0.1) is 5.48 Å². The number of rotatable bonds is 4. The molecule has 4 aliphatic carbocycles. The number of nitrogens with one attached hydrogen (secondary N) is 1. The molecule has 4 fully saturated rings. The van der Waals surface area contributed by atoms with Gasteiger partial charge in [-0.1, -0.05) is 45.4 Å².